The van der Waals surface area contributed by atoms with Crippen LogP contribution in [0.4, 0.5) is 10.1 Å². The van der Waals surface area contributed by atoms with Crippen LogP contribution in [0.1, 0.15) is 43.0 Å². The lowest BCUT2D eigenvalue weighted by molar-refractivity contribution is 0.0952. The van der Waals surface area contributed by atoms with Gasteiger partial charge in [-0.1, -0.05) is 18.5 Å². The predicted molar refractivity (Wildman–Crippen MR) is 130 cm³/mol. The van der Waals surface area contributed by atoms with Crippen LogP contribution in [0.5, 0.6) is 0 Å². The van der Waals surface area contributed by atoms with E-state index in [1.165, 1.54) is 62.4 Å². The van der Waals surface area contributed by atoms with E-state index < -0.39 is 21.7 Å². The Morgan fingerprint density at radius 2 is 1.94 bits per heavy atom. The Morgan fingerprint density at radius 3 is 2.64 bits per heavy atom. The largest absolute Gasteiger partial charge is 0.352 e. The van der Waals surface area contributed by atoms with Gasteiger partial charge in [-0.2, -0.15) is 0 Å². The summed E-state index contributed by atoms with van der Waals surface area (Å²) in [6.45, 7) is 6.06. The number of piperidine rings is 1. The van der Waals surface area contributed by atoms with Gasteiger partial charge in [-0.3, -0.25) is 9.10 Å². The van der Waals surface area contributed by atoms with Crippen molar-refractivity contribution in [2.45, 2.75) is 37.5 Å². The fraction of sp³-hybridized carbons (Fsp3) is 0.458. The molecule has 1 saturated heterocycles. The van der Waals surface area contributed by atoms with Crippen molar-refractivity contribution >= 4 is 33.2 Å². The third kappa shape index (κ3) is 6.68. The lowest BCUT2D eigenvalue weighted by Gasteiger charge is -2.30. The number of nitrogens with zero attached hydrogens (tertiary/aromatic N) is 2. The van der Waals surface area contributed by atoms with Gasteiger partial charge in [0.05, 0.1) is 21.2 Å². The lowest BCUT2D eigenvalue weighted by Crippen LogP contribution is -2.35. The molecule has 0 saturated carbocycles. The molecule has 6 nitrogen and oxygen atoms in total. The van der Waals surface area contributed by atoms with E-state index in [9.17, 15) is 17.6 Å². The van der Waals surface area contributed by atoms with E-state index in [0.717, 1.165) is 42.7 Å². The summed E-state index contributed by atoms with van der Waals surface area (Å²) < 4.78 is 40.3. The second-order valence-electron chi connectivity index (χ2n) is 8.60. The predicted octanol–water partition coefficient (Wildman–Crippen LogP) is 4.55. The molecule has 1 aliphatic rings. The maximum Gasteiger partial charge on any atom is 0.264 e. The van der Waals surface area contributed by atoms with Crippen molar-refractivity contribution in [1.29, 1.82) is 0 Å². The van der Waals surface area contributed by atoms with Crippen LogP contribution >= 0.6 is 11.6 Å². The summed E-state index contributed by atoms with van der Waals surface area (Å²) in [5.41, 5.74) is 0.413. The van der Waals surface area contributed by atoms with Gasteiger partial charge < -0.3 is 10.2 Å². The Bertz CT molecular complexity index is 1060. The molecule has 0 aromatic heterocycles. The van der Waals surface area contributed by atoms with E-state index in [1.807, 2.05) is 0 Å². The van der Waals surface area contributed by atoms with Crippen molar-refractivity contribution in [3.63, 3.8) is 0 Å². The van der Waals surface area contributed by atoms with Crippen molar-refractivity contribution in [2.24, 2.45) is 5.92 Å². The Hall–Kier alpha value is -2.16. The Kier molecular flexibility index (Phi) is 8.73. The van der Waals surface area contributed by atoms with E-state index >= 15 is 0 Å². The average Bonchev–Trinajstić information content (AvgIpc) is 2.79. The Morgan fingerprint density at radius 1 is 1.21 bits per heavy atom. The molecule has 3 rings (SSSR count). The van der Waals surface area contributed by atoms with E-state index in [2.05, 4.69) is 17.1 Å². The summed E-state index contributed by atoms with van der Waals surface area (Å²) in [7, 11) is -2.58. The van der Waals surface area contributed by atoms with Gasteiger partial charge in [0, 0.05) is 20.1 Å². The van der Waals surface area contributed by atoms with Gasteiger partial charge in [-0.25, -0.2) is 12.8 Å². The molecule has 9 heteroatoms. The first-order valence-corrected chi connectivity index (χ1v) is 13.0. The number of carbonyl (C=O) groups is 1. The molecule has 1 fully saturated rings. The van der Waals surface area contributed by atoms with Gasteiger partial charge >= 0.3 is 0 Å². The molecule has 2 aromatic rings. The Labute approximate surface area is 200 Å². The molecule has 1 atom stereocenters. The smallest absolute Gasteiger partial charge is 0.264 e. The second kappa shape index (κ2) is 11.3. The first kappa shape index (κ1) is 25.5. The molecule has 180 valence electrons. The van der Waals surface area contributed by atoms with Crippen LogP contribution in [0.15, 0.2) is 47.4 Å². The monoisotopic (exact) mass is 495 g/mol. The van der Waals surface area contributed by atoms with Crippen LogP contribution in [0, 0.1) is 11.7 Å². The first-order chi connectivity index (χ1) is 15.7. The fourth-order valence-electron chi connectivity index (χ4n) is 4.03. The van der Waals surface area contributed by atoms with Crippen LogP contribution in [-0.4, -0.2) is 52.5 Å². The molecule has 1 aliphatic heterocycles. The van der Waals surface area contributed by atoms with E-state index in [-0.39, 0.29) is 15.5 Å². The van der Waals surface area contributed by atoms with E-state index in [1.54, 1.807) is 0 Å². The summed E-state index contributed by atoms with van der Waals surface area (Å²) in [6.07, 6.45) is 4.35. The normalized spacial score (nSPS) is 17.0. The molecule has 1 unspecified atom stereocenters. The molecule has 1 heterocycles. The molecular formula is C24H31ClFN3O3S. The number of likely N-dealkylation sites (tertiary alicyclic amines) is 1. The zero-order valence-electron chi connectivity index (χ0n) is 19.1. The molecular weight excluding hydrogens is 465 g/mol. The minimum atomic E-state index is -3.96. The highest BCUT2D eigenvalue weighted by Crippen LogP contribution is 2.26. The van der Waals surface area contributed by atoms with Crippen molar-refractivity contribution < 1.29 is 17.6 Å². The van der Waals surface area contributed by atoms with Crippen LogP contribution in [0.2, 0.25) is 5.02 Å². The fourth-order valence-corrected chi connectivity index (χ4v) is 5.46. The number of hydrogen-bond donors (Lipinski definition) is 1. The minimum absolute atomic E-state index is 0.0666. The van der Waals surface area contributed by atoms with Gasteiger partial charge in [-0.05, 0) is 87.2 Å². The van der Waals surface area contributed by atoms with Gasteiger partial charge in [0.15, 0.2) is 0 Å². The number of unbranched alkanes of at least 4 members (excludes halogenated alkanes) is 1. The molecule has 0 spiro atoms. The summed E-state index contributed by atoms with van der Waals surface area (Å²) in [4.78, 5) is 15.1. The summed E-state index contributed by atoms with van der Waals surface area (Å²) in [5.74, 6) is -0.125. The number of sulfonamides is 1. The highest BCUT2D eigenvalue weighted by atomic mass is 35.5. The van der Waals surface area contributed by atoms with Crippen molar-refractivity contribution in [1.82, 2.24) is 10.2 Å². The van der Waals surface area contributed by atoms with Crippen LogP contribution in [-0.2, 0) is 10.0 Å². The van der Waals surface area contributed by atoms with E-state index in [0.29, 0.717) is 12.2 Å². The number of amides is 1. The number of halogens is 2. The number of benzene rings is 2. The number of carbonyl (C=O) groups excluding carboxylic acids is 1. The SMILES string of the molecule is CC1CCCN(CCCCNC(=O)c2cc(S(=O)(=O)N(C)c3ccc(F)cc3)ccc2Cl)C1. The summed E-state index contributed by atoms with van der Waals surface area (Å²) in [5, 5.41) is 3.02. The third-order valence-electron chi connectivity index (χ3n) is 5.96. The topological polar surface area (TPSA) is 69.7 Å². The van der Waals surface area contributed by atoms with Gasteiger partial charge in [0.1, 0.15) is 5.82 Å². The summed E-state index contributed by atoms with van der Waals surface area (Å²) in [6, 6.07) is 9.17. The molecule has 0 bridgehead atoms. The highest BCUT2D eigenvalue weighted by molar-refractivity contribution is 7.92. The number of nitrogens with one attached hydrogen (secondary N) is 1. The van der Waals surface area contributed by atoms with Crippen LogP contribution in [0.3, 0.4) is 0 Å². The first-order valence-electron chi connectivity index (χ1n) is 11.2. The van der Waals surface area contributed by atoms with Crippen LogP contribution < -0.4 is 9.62 Å². The number of anilines is 1. The maximum atomic E-state index is 13.2. The molecule has 1 N–H and O–H groups in total. The van der Waals surface area contributed by atoms with Gasteiger partial charge in [0.25, 0.3) is 15.9 Å². The maximum absolute atomic E-state index is 13.2. The second-order valence-corrected chi connectivity index (χ2v) is 11.0. The van der Waals surface area contributed by atoms with Crippen molar-refractivity contribution in [3.05, 3.63) is 58.9 Å². The zero-order chi connectivity index (χ0) is 24.0. The van der Waals surface area contributed by atoms with E-state index in [4.69, 9.17) is 11.6 Å². The molecule has 0 radical (unpaired) electrons. The minimum Gasteiger partial charge on any atom is -0.352 e. The third-order valence-corrected chi connectivity index (χ3v) is 8.07. The van der Waals surface area contributed by atoms with Crippen LogP contribution in [0.25, 0.3) is 0 Å². The average molecular weight is 496 g/mol. The number of rotatable bonds is 9. The van der Waals surface area contributed by atoms with Crippen molar-refractivity contribution in [2.75, 3.05) is 37.5 Å². The standard InChI is InChI=1S/C24H31ClFN3O3S/c1-18-6-5-15-29(17-18)14-4-3-13-27-24(30)22-16-21(11-12-23(22)25)33(31,32)28(2)20-9-7-19(26)8-10-20/h7-12,16,18H,3-6,13-15,17H2,1-2H3,(H,27,30). The van der Waals surface area contributed by atoms with Crippen molar-refractivity contribution in [3.8, 4) is 0 Å². The van der Waals surface area contributed by atoms with Gasteiger partial charge in [-0.15, -0.1) is 0 Å². The molecule has 2 aromatic carbocycles. The lowest BCUT2D eigenvalue weighted by atomic mass is 10.0. The number of hydrogen-bond acceptors (Lipinski definition) is 4. The molecule has 1 amide bonds. The molecule has 0 aliphatic carbocycles. The zero-order valence-corrected chi connectivity index (χ0v) is 20.6. The highest BCUT2D eigenvalue weighted by Gasteiger charge is 2.24. The Balaban J connectivity index is 1.59. The summed E-state index contributed by atoms with van der Waals surface area (Å²) >= 11 is 6.19. The molecule has 33 heavy (non-hydrogen) atoms. The van der Waals surface area contributed by atoms with Gasteiger partial charge in [0.2, 0.25) is 0 Å². The quantitative estimate of drug-likeness (QED) is 0.518.